The van der Waals surface area contributed by atoms with Crippen LogP contribution in [0.2, 0.25) is 0 Å². The van der Waals surface area contributed by atoms with Crippen LogP contribution in [0.3, 0.4) is 0 Å². The second kappa shape index (κ2) is 6.44. The molecule has 0 radical (unpaired) electrons. The van der Waals surface area contributed by atoms with Gasteiger partial charge in [0.15, 0.2) is 5.84 Å². The van der Waals surface area contributed by atoms with Crippen LogP contribution in [0.25, 0.3) is 0 Å². The highest BCUT2D eigenvalue weighted by Gasteiger charge is 2.32. The summed E-state index contributed by atoms with van der Waals surface area (Å²) < 4.78 is 0. The maximum atomic E-state index is 12.2. The number of carbonyl (C=O) groups excluding carboxylic acids is 1. The Kier molecular flexibility index (Phi) is 5.21. The van der Waals surface area contributed by atoms with E-state index in [2.05, 4.69) is 5.16 Å². The lowest BCUT2D eigenvalue weighted by Crippen LogP contribution is -2.50. The third-order valence-electron chi connectivity index (χ3n) is 3.30. The summed E-state index contributed by atoms with van der Waals surface area (Å²) in [5.74, 6) is -0.798. The van der Waals surface area contributed by atoms with Gasteiger partial charge in [0, 0.05) is 6.54 Å². The van der Waals surface area contributed by atoms with E-state index in [4.69, 9.17) is 10.9 Å². The maximum Gasteiger partial charge on any atom is 0.233 e. The van der Waals surface area contributed by atoms with Crippen molar-refractivity contribution in [2.24, 2.45) is 16.8 Å². The van der Waals surface area contributed by atoms with Gasteiger partial charge in [0.25, 0.3) is 0 Å². The van der Waals surface area contributed by atoms with Gasteiger partial charge in [-0.1, -0.05) is 12.1 Å². The predicted molar refractivity (Wildman–Crippen MR) is 63.6 cm³/mol. The molecule has 0 saturated carbocycles. The summed E-state index contributed by atoms with van der Waals surface area (Å²) in [6, 6.07) is -0.128. The number of piperidine rings is 1. The molecule has 1 aliphatic rings. The number of rotatable bonds is 4. The summed E-state index contributed by atoms with van der Waals surface area (Å²) >= 11 is 0. The van der Waals surface area contributed by atoms with E-state index >= 15 is 0 Å². The molecular weight excluding hydrogens is 222 g/mol. The topological polar surface area (TPSA) is 99.2 Å². The summed E-state index contributed by atoms with van der Waals surface area (Å²) in [7, 11) is 0. The molecule has 2 atom stereocenters. The molecule has 0 spiro atoms. The van der Waals surface area contributed by atoms with Crippen LogP contribution < -0.4 is 5.73 Å². The van der Waals surface area contributed by atoms with Gasteiger partial charge in [0.05, 0.1) is 18.6 Å². The number of carbonyl (C=O) groups is 1. The predicted octanol–water partition coefficient (Wildman–Crippen LogP) is 0.132. The van der Waals surface area contributed by atoms with Gasteiger partial charge in [0.1, 0.15) is 0 Å². The highest BCUT2D eigenvalue weighted by molar-refractivity contribution is 6.02. The monoisotopic (exact) mass is 243 g/mol. The van der Waals surface area contributed by atoms with Crippen molar-refractivity contribution in [3.05, 3.63) is 0 Å². The molecule has 0 bridgehead atoms. The summed E-state index contributed by atoms with van der Waals surface area (Å²) in [5.41, 5.74) is 5.51. The molecule has 6 heteroatoms. The molecule has 6 nitrogen and oxygen atoms in total. The quantitative estimate of drug-likeness (QED) is 0.283. The molecule has 17 heavy (non-hydrogen) atoms. The van der Waals surface area contributed by atoms with Crippen molar-refractivity contribution in [3.63, 3.8) is 0 Å². The Morgan fingerprint density at radius 2 is 2.29 bits per heavy atom. The van der Waals surface area contributed by atoms with Crippen LogP contribution in [0.5, 0.6) is 0 Å². The van der Waals surface area contributed by atoms with E-state index < -0.39 is 5.92 Å². The fourth-order valence-corrected chi connectivity index (χ4v) is 2.26. The summed E-state index contributed by atoms with van der Waals surface area (Å²) in [6.07, 6.45) is 3.27. The van der Waals surface area contributed by atoms with Gasteiger partial charge in [-0.05, 0) is 25.7 Å². The molecule has 0 aromatic rings. The molecule has 1 rings (SSSR count). The van der Waals surface area contributed by atoms with Crippen molar-refractivity contribution in [3.8, 4) is 0 Å². The van der Waals surface area contributed by atoms with Crippen LogP contribution in [0, 0.1) is 5.92 Å². The zero-order valence-electron chi connectivity index (χ0n) is 10.2. The average molecular weight is 243 g/mol. The normalized spacial score (nSPS) is 23.5. The molecule has 1 amide bonds. The van der Waals surface area contributed by atoms with E-state index in [9.17, 15) is 9.90 Å². The van der Waals surface area contributed by atoms with E-state index in [-0.39, 0.29) is 24.4 Å². The Hall–Kier alpha value is -1.30. The number of aliphatic hydroxyl groups excluding tert-OH is 1. The molecular formula is C11H21N3O3. The Bertz CT molecular complexity index is 294. The molecule has 0 aliphatic carbocycles. The summed E-state index contributed by atoms with van der Waals surface area (Å²) in [4.78, 5) is 13.9. The van der Waals surface area contributed by atoms with E-state index in [1.54, 1.807) is 4.90 Å². The smallest absolute Gasteiger partial charge is 0.233 e. The second-order valence-corrected chi connectivity index (χ2v) is 4.35. The van der Waals surface area contributed by atoms with Gasteiger partial charge in [-0.3, -0.25) is 4.79 Å². The zero-order chi connectivity index (χ0) is 12.8. The lowest BCUT2D eigenvalue weighted by molar-refractivity contribution is -0.138. The van der Waals surface area contributed by atoms with Gasteiger partial charge in [-0.25, -0.2) is 0 Å². The van der Waals surface area contributed by atoms with Gasteiger partial charge >= 0.3 is 0 Å². The molecule has 1 saturated heterocycles. The minimum absolute atomic E-state index is 0.0294. The maximum absolute atomic E-state index is 12.2. The van der Waals surface area contributed by atoms with Crippen molar-refractivity contribution < 1.29 is 15.1 Å². The zero-order valence-corrected chi connectivity index (χ0v) is 10.2. The third kappa shape index (κ3) is 3.09. The first-order chi connectivity index (χ1) is 8.15. The molecule has 0 aromatic carbocycles. The van der Waals surface area contributed by atoms with Crippen LogP contribution in [0.1, 0.15) is 32.6 Å². The largest absolute Gasteiger partial charge is 0.409 e. The van der Waals surface area contributed by atoms with Gasteiger partial charge in [-0.15, -0.1) is 0 Å². The minimum Gasteiger partial charge on any atom is -0.409 e. The number of amides is 1. The fraction of sp³-hybridized carbons (Fsp3) is 0.818. The molecule has 1 aliphatic heterocycles. The highest BCUT2D eigenvalue weighted by Crippen LogP contribution is 2.20. The van der Waals surface area contributed by atoms with E-state index in [0.29, 0.717) is 13.0 Å². The minimum atomic E-state index is -0.591. The van der Waals surface area contributed by atoms with Crippen molar-refractivity contribution in [1.82, 2.24) is 4.90 Å². The number of oxime groups is 1. The Balaban J connectivity index is 2.78. The van der Waals surface area contributed by atoms with Crippen LogP contribution in [0.4, 0.5) is 0 Å². The van der Waals surface area contributed by atoms with Crippen LogP contribution in [-0.4, -0.2) is 46.1 Å². The molecule has 1 heterocycles. The van der Waals surface area contributed by atoms with Gasteiger partial charge in [-0.2, -0.15) is 0 Å². The second-order valence-electron chi connectivity index (χ2n) is 4.35. The van der Waals surface area contributed by atoms with Crippen LogP contribution in [0.15, 0.2) is 5.16 Å². The first-order valence-electron chi connectivity index (χ1n) is 6.04. The fourth-order valence-electron chi connectivity index (χ4n) is 2.26. The lowest BCUT2D eigenvalue weighted by atomic mass is 9.97. The number of likely N-dealkylation sites (tertiary alicyclic amines) is 1. The first-order valence-corrected chi connectivity index (χ1v) is 6.04. The molecule has 2 unspecified atom stereocenters. The standard InChI is InChI=1S/C11H21N3O3/c1-2-9(10(12)13-17)11(16)14-6-4-3-5-8(14)7-15/h8-9,15,17H,2-7H2,1H3,(H2,12,13). The van der Waals surface area contributed by atoms with Crippen molar-refractivity contribution in [2.75, 3.05) is 13.2 Å². The van der Waals surface area contributed by atoms with Crippen LogP contribution >= 0.6 is 0 Å². The molecule has 98 valence electrons. The summed E-state index contributed by atoms with van der Waals surface area (Å²) in [6.45, 7) is 2.43. The van der Waals surface area contributed by atoms with Crippen molar-refractivity contribution >= 4 is 11.7 Å². The van der Waals surface area contributed by atoms with Gasteiger partial charge < -0.3 is 20.9 Å². The number of aliphatic hydroxyl groups is 1. The Morgan fingerprint density at radius 3 is 2.82 bits per heavy atom. The van der Waals surface area contributed by atoms with Crippen LogP contribution in [-0.2, 0) is 4.79 Å². The number of amidine groups is 1. The number of nitrogens with two attached hydrogens (primary N) is 1. The third-order valence-corrected chi connectivity index (χ3v) is 3.30. The first kappa shape index (κ1) is 13.8. The molecule has 1 fully saturated rings. The lowest BCUT2D eigenvalue weighted by Gasteiger charge is -2.36. The van der Waals surface area contributed by atoms with E-state index in [1.165, 1.54) is 0 Å². The average Bonchev–Trinajstić information content (AvgIpc) is 2.38. The molecule has 4 N–H and O–H groups in total. The van der Waals surface area contributed by atoms with Crippen molar-refractivity contribution in [2.45, 2.75) is 38.6 Å². The van der Waals surface area contributed by atoms with E-state index in [0.717, 1.165) is 19.3 Å². The number of hydrogen-bond donors (Lipinski definition) is 3. The number of hydrogen-bond acceptors (Lipinski definition) is 4. The Morgan fingerprint density at radius 1 is 1.59 bits per heavy atom. The highest BCUT2D eigenvalue weighted by atomic mass is 16.4. The SMILES string of the molecule is CCC(C(=O)N1CCCCC1CO)C(N)=NO. The van der Waals surface area contributed by atoms with Crippen molar-refractivity contribution in [1.29, 1.82) is 0 Å². The van der Waals surface area contributed by atoms with Gasteiger partial charge in [0.2, 0.25) is 5.91 Å². The summed E-state index contributed by atoms with van der Waals surface area (Å²) in [5, 5.41) is 20.8. The Labute approximate surface area is 101 Å². The van der Waals surface area contributed by atoms with E-state index in [1.807, 2.05) is 6.92 Å². The number of nitrogens with zero attached hydrogens (tertiary/aromatic N) is 2. The molecule has 0 aromatic heterocycles.